The Balaban J connectivity index is 2.32. The van der Waals surface area contributed by atoms with Crippen LogP contribution < -0.4 is 11.1 Å². The zero-order valence-corrected chi connectivity index (χ0v) is 8.75. The summed E-state index contributed by atoms with van der Waals surface area (Å²) in [5.41, 5.74) is 5.71. The summed E-state index contributed by atoms with van der Waals surface area (Å²) in [6, 6.07) is -0.155. The second kappa shape index (κ2) is 4.75. The maximum Gasteiger partial charge on any atom is 0.220 e. The van der Waals surface area contributed by atoms with Crippen LogP contribution in [0.2, 0.25) is 0 Å². The van der Waals surface area contributed by atoms with Crippen LogP contribution in [0.5, 0.6) is 0 Å². The number of carbonyl (C=O) groups excluding carboxylic acids is 1. The Morgan fingerprint density at radius 3 is 2.64 bits per heavy atom. The molecular weight excluding hydrogens is 180 g/mol. The van der Waals surface area contributed by atoms with Gasteiger partial charge in [-0.2, -0.15) is 0 Å². The molecule has 0 aliphatic heterocycles. The minimum atomic E-state index is -0.155. The van der Waals surface area contributed by atoms with Crippen molar-refractivity contribution in [1.29, 1.82) is 0 Å². The summed E-state index contributed by atoms with van der Waals surface area (Å²) >= 11 is 0. The van der Waals surface area contributed by atoms with Crippen LogP contribution >= 0.6 is 0 Å². The van der Waals surface area contributed by atoms with Crippen LogP contribution in [-0.4, -0.2) is 30.2 Å². The lowest BCUT2D eigenvalue weighted by Gasteiger charge is -2.40. The van der Waals surface area contributed by atoms with Gasteiger partial charge in [-0.25, -0.2) is 0 Å². The molecule has 0 heterocycles. The number of aliphatic hydroxyl groups excluding tert-OH is 1. The Labute approximate surface area is 84.9 Å². The van der Waals surface area contributed by atoms with Crippen molar-refractivity contribution in [2.75, 3.05) is 13.2 Å². The average Bonchev–Trinajstić information content (AvgIpc) is 2.11. The molecule has 1 aliphatic carbocycles. The summed E-state index contributed by atoms with van der Waals surface area (Å²) in [6.07, 6.45) is 3.81. The van der Waals surface area contributed by atoms with E-state index < -0.39 is 0 Å². The van der Waals surface area contributed by atoms with E-state index in [2.05, 4.69) is 5.32 Å². The number of aliphatic hydroxyl groups is 1. The highest BCUT2D eigenvalue weighted by Crippen LogP contribution is 2.42. The molecule has 1 rings (SSSR count). The molecule has 4 nitrogen and oxygen atoms in total. The lowest BCUT2D eigenvalue weighted by atomic mass is 9.66. The largest absolute Gasteiger partial charge is 0.394 e. The van der Waals surface area contributed by atoms with E-state index in [0.29, 0.717) is 13.0 Å². The molecule has 82 valence electrons. The molecule has 0 saturated heterocycles. The van der Waals surface area contributed by atoms with Crippen LogP contribution in [0.1, 0.15) is 32.6 Å². The SMILES string of the molecule is CC(CO)NC(=O)CC1(CN)CCC1. The first kappa shape index (κ1) is 11.5. The van der Waals surface area contributed by atoms with Crippen LogP contribution in [0.15, 0.2) is 0 Å². The van der Waals surface area contributed by atoms with Crippen molar-refractivity contribution in [1.82, 2.24) is 5.32 Å². The van der Waals surface area contributed by atoms with Gasteiger partial charge in [0.1, 0.15) is 0 Å². The van der Waals surface area contributed by atoms with E-state index in [1.165, 1.54) is 6.42 Å². The molecule has 0 aromatic heterocycles. The molecule has 1 fully saturated rings. The number of amides is 1. The van der Waals surface area contributed by atoms with Gasteiger partial charge < -0.3 is 16.2 Å². The molecule has 0 bridgehead atoms. The number of nitrogens with two attached hydrogens (primary N) is 1. The van der Waals surface area contributed by atoms with Gasteiger partial charge >= 0.3 is 0 Å². The molecule has 0 radical (unpaired) electrons. The van der Waals surface area contributed by atoms with E-state index in [1.807, 2.05) is 0 Å². The second-order valence-corrected chi connectivity index (χ2v) is 4.39. The van der Waals surface area contributed by atoms with Crippen molar-refractivity contribution in [3.05, 3.63) is 0 Å². The molecule has 1 atom stereocenters. The van der Waals surface area contributed by atoms with Crippen molar-refractivity contribution < 1.29 is 9.90 Å². The molecule has 1 unspecified atom stereocenters. The maximum absolute atomic E-state index is 11.5. The Kier molecular flexibility index (Phi) is 3.89. The molecular formula is C10H20N2O2. The maximum atomic E-state index is 11.5. The fraction of sp³-hybridized carbons (Fsp3) is 0.900. The molecule has 1 saturated carbocycles. The average molecular weight is 200 g/mol. The second-order valence-electron chi connectivity index (χ2n) is 4.39. The summed E-state index contributed by atoms with van der Waals surface area (Å²) in [5, 5.41) is 11.5. The lowest BCUT2D eigenvalue weighted by Crippen LogP contribution is -2.44. The zero-order valence-electron chi connectivity index (χ0n) is 8.75. The smallest absolute Gasteiger partial charge is 0.220 e. The van der Waals surface area contributed by atoms with Gasteiger partial charge in [0.2, 0.25) is 5.91 Å². The molecule has 14 heavy (non-hydrogen) atoms. The van der Waals surface area contributed by atoms with E-state index in [-0.39, 0.29) is 24.0 Å². The topological polar surface area (TPSA) is 75.3 Å². The van der Waals surface area contributed by atoms with E-state index in [9.17, 15) is 4.79 Å². The minimum absolute atomic E-state index is 0.0108. The van der Waals surface area contributed by atoms with Crippen molar-refractivity contribution in [3.8, 4) is 0 Å². The van der Waals surface area contributed by atoms with Gasteiger partial charge in [-0.3, -0.25) is 4.79 Å². The Hall–Kier alpha value is -0.610. The van der Waals surface area contributed by atoms with Crippen LogP contribution in [0, 0.1) is 5.41 Å². The summed E-state index contributed by atoms with van der Waals surface area (Å²) in [4.78, 5) is 11.5. The van der Waals surface area contributed by atoms with Crippen molar-refractivity contribution >= 4 is 5.91 Å². The highest BCUT2D eigenvalue weighted by Gasteiger charge is 2.37. The molecule has 0 spiro atoms. The van der Waals surface area contributed by atoms with Crippen LogP contribution in [0.4, 0.5) is 0 Å². The fourth-order valence-corrected chi connectivity index (χ4v) is 1.84. The van der Waals surface area contributed by atoms with E-state index >= 15 is 0 Å². The highest BCUT2D eigenvalue weighted by atomic mass is 16.3. The Morgan fingerprint density at radius 2 is 2.29 bits per heavy atom. The number of rotatable bonds is 5. The normalized spacial score (nSPS) is 21.1. The van der Waals surface area contributed by atoms with Gasteiger partial charge in [-0.1, -0.05) is 6.42 Å². The number of hydrogen-bond donors (Lipinski definition) is 3. The zero-order chi connectivity index (χ0) is 10.6. The standard InChI is InChI=1S/C10H20N2O2/c1-8(6-13)12-9(14)5-10(7-11)3-2-4-10/h8,13H,2-7,11H2,1H3,(H,12,14). The van der Waals surface area contributed by atoms with Gasteiger partial charge in [0.15, 0.2) is 0 Å². The molecule has 0 aromatic rings. The summed E-state index contributed by atoms with van der Waals surface area (Å²) in [7, 11) is 0. The third-order valence-corrected chi connectivity index (χ3v) is 3.06. The monoisotopic (exact) mass is 200 g/mol. The first-order chi connectivity index (χ1) is 6.62. The van der Waals surface area contributed by atoms with E-state index in [4.69, 9.17) is 10.8 Å². The summed E-state index contributed by atoms with van der Waals surface area (Å²) in [6.45, 7) is 2.36. The van der Waals surface area contributed by atoms with Gasteiger partial charge in [-0.15, -0.1) is 0 Å². The van der Waals surface area contributed by atoms with Gasteiger partial charge in [0.25, 0.3) is 0 Å². The van der Waals surface area contributed by atoms with Crippen LogP contribution in [0.3, 0.4) is 0 Å². The Bertz CT molecular complexity index is 197. The molecule has 0 aromatic carbocycles. The van der Waals surface area contributed by atoms with Gasteiger partial charge in [0.05, 0.1) is 6.61 Å². The van der Waals surface area contributed by atoms with Gasteiger partial charge in [0, 0.05) is 12.5 Å². The predicted molar refractivity (Wildman–Crippen MR) is 54.6 cm³/mol. The number of carbonyl (C=O) groups is 1. The molecule has 1 amide bonds. The third-order valence-electron chi connectivity index (χ3n) is 3.06. The molecule has 1 aliphatic rings. The van der Waals surface area contributed by atoms with Crippen molar-refractivity contribution in [3.63, 3.8) is 0 Å². The number of nitrogens with one attached hydrogen (secondary N) is 1. The summed E-state index contributed by atoms with van der Waals surface area (Å²) in [5.74, 6) is 0.0108. The Morgan fingerprint density at radius 1 is 1.64 bits per heavy atom. The first-order valence-corrected chi connectivity index (χ1v) is 5.22. The third kappa shape index (κ3) is 2.69. The first-order valence-electron chi connectivity index (χ1n) is 5.22. The van der Waals surface area contributed by atoms with Crippen molar-refractivity contribution in [2.24, 2.45) is 11.1 Å². The minimum Gasteiger partial charge on any atom is -0.394 e. The molecule has 4 N–H and O–H groups in total. The summed E-state index contributed by atoms with van der Waals surface area (Å²) < 4.78 is 0. The highest BCUT2D eigenvalue weighted by molar-refractivity contribution is 5.77. The fourth-order valence-electron chi connectivity index (χ4n) is 1.84. The van der Waals surface area contributed by atoms with Crippen LogP contribution in [-0.2, 0) is 4.79 Å². The van der Waals surface area contributed by atoms with E-state index in [1.54, 1.807) is 6.92 Å². The molecule has 4 heteroatoms. The van der Waals surface area contributed by atoms with E-state index in [0.717, 1.165) is 12.8 Å². The van der Waals surface area contributed by atoms with Gasteiger partial charge in [-0.05, 0) is 31.7 Å². The lowest BCUT2D eigenvalue weighted by molar-refractivity contribution is -0.125. The predicted octanol–water partition coefficient (Wildman–Crippen LogP) is 0.00250. The van der Waals surface area contributed by atoms with Crippen LogP contribution in [0.25, 0.3) is 0 Å². The number of hydrogen-bond acceptors (Lipinski definition) is 3. The van der Waals surface area contributed by atoms with Crippen molar-refractivity contribution in [2.45, 2.75) is 38.6 Å². The quantitative estimate of drug-likeness (QED) is 0.585.